The molecule has 2 nitrogen and oxygen atoms in total. The maximum atomic E-state index is 6.33. The number of nitrogens with zero attached hydrogens (tertiary/aromatic N) is 1. The van der Waals surface area contributed by atoms with Crippen molar-refractivity contribution in [2.45, 2.75) is 0 Å². The summed E-state index contributed by atoms with van der Waals surface area (Å²) in [6, 6.07) is 85.0. The number of hydrogen-bond donors (Lipinski definition) is 0. The van der Waals surface area contributed by atoms with E-state index in [1.807, 2.05) is 12.1 Å². The first kappa shape index (κ1) is 35.2. The van der Waals surface area contributed by atoms with E-state index >= 15 is 0 Å². The van der Waals surface area contributed by atoms with Crippen molar-refractivity contribution in [1.82, 2.24) is 0 Å². The maximum absolute atomic E-state index is 6.33. The molecule has 0 radical (unpaired) electrons. The smallest absolute Gasteiger partial charge is 0.135 e. The van der Waals surface area contributed by atoms with Gasteiger partial charge >= 0.3 is 0 Å². The van der Waals surface area contributed by atoms with Gasteiger partial charge in [0.15, 0.2) is 0 Å². The average molecular weight is 766 g/mol. The lowest BCUT2D eigenvalue weighted by Crippen LogP contribution is -2.11. The molecular weight excluding hydrogens is 727 g/mol. The lowest BCUT2D eigenvalue weighted by atomic mass is 9.91. The predicted octanol–water partition coefficient (Wildman–Crippen LogP) is 16.5. The summed E-state index contributed by atoms with van der Waals surface area (Å²) in [5.74, 6) is 0. The van der Waals surface area contributed by atoms with Crippen molar-refractivity contribution < 1.29 is 4.42 Å². The summed E-state index contributed by atoms with van der Waals surface area (Å²) in [7, 11) is 0. The molecule has 0 saturated heterocycles. The van der Waals surface area contributed by atoms with E-state index < -0.39 is 0 Å². The van der Waals surface area contributed by atoms with Crippen LogP contribution in [0.2, 0.25) is 0 Å². The van der Waals surface area contributed by atoms with E-state index in [4.69, 9.17) is 4.42 Å². The molecule has 1 aromatic heterocycles. The Morgan fingerprint density at radius 2 is 0.817 bits per heavy atom. The predicted molar refractivity (Wildman–Crippen MR) is 253 cm³/mol. The third-order valence-corrected chi connectivity index (χ3v) is 11.7. The van der Waals surface area contributed by atoms with Gasteiger partial charge in [0.1, 0.15) is 11.2 Å². The number of furan rings is 1. The number of hydrogen-bond acceptors (Lipinski definition) is 2. The molecule has 0 aliphatic heterocycles. The number of para-hydroxylation sites is 1. The summed E-state index contributed by atoms with van der Waals surface area (Å²) >= 11 is 0. The van der Waals surface area contributed by atoms with Crippen molar-refractivity contribution in [3.63, 3.8) is 0 Å². The van der Waals surface area contributed by atoms with Crippen molar-refractivity contribution in [1.29, 1.82) is 0 Å². The molecule has 0 spiro atoms. The molecule has 0 amide bonds. The normalized spacial score (nSPS) is 11.3. The topological polar surface area (TPSA) is 16.4 Å². The van der Waals surface area contributed by atoms with Crippen molar-refractivity contribution in [3.05, 3.63) is 237 Å². The first-order valence-corrected chi connectivity index (χ1v) is 20.5. The van der Waals surface area contributed by atoms with Crippen LogP contribution in [0.3, 0.4) is 0 Å². The fourth-order valence-electron chi connectivity index (χ4n) is 8.76. The SMILES string of the molecule is c1ccc(-c2ccc(-c3ccc(N(c4ccc5oc6ccccc6c5c4)c4cc(-c5cccc6ccccc56)ccc4-c4ccccc4)cc3)cc2-c2ccccc2)cc1. The van der Waals surface area contributed by atoms with Crippen LogP contribution in [-0.2, 0) is 0 Å². The van der Waals surface area contributed by atoms with Gasteiger partial charge in [0.05, 0.1) is 5.69 Å². The molecule has 0 aliphatic carbocycles. The van der Waals surface area contributed by atoms with E-state index in [2.05, 4.69) is 229 Å². The Bertz CT molecular complexity index is 3290. The van der Waals surface area contributed by atoms with Gasteiger partial charge < -0.3 is 9.32 Å². The number of fused-ring (bicyclic) bond motifs is 4. The number of anilines is 3. The highest BCUT2D eigenvalue weighted by atomic mass is 16.3. The van der Waals surface area contributed by atoms with Gasteiger partial charge in [0.2, 0.25) is 0 Å². The van der Waals surface area contributed by atoms with Crippen LogP contribution < -0.4 is 4.90 Å². The lowest BCUT2D eigenvalue weighted by Gasteiger charge is -2.29. The minimum atomic E-state index is 0.871. The Morgan fingerprint density at radius 3 is 1.57 bits per heavy atom. The van der Waals surface area contributed by atoms with E-state index in [0.717, 1.165) is 61.3 Å². The van der Waals surface area contributed by atoms with E-state index in [0.29, 0.717) is 0 Å². The third-order valence-electron chi connectivity index (χ3n) is 11.7. The van der Waals surface area contributed by atoms with Crippen LogP contribution in [0.15, 0.2) is 241 Å². The second-order valence-electron chi connectivity index (χ2n) is 15.3. The zero-order valence-electron chi connectivity index (χ0n) is 32.9. The standard InChI is InChI=1S/C58H39NO/c1-4-15-41(16-5-1)51-34-29-45(37-54(51)44-19-8-3-9-20-44)40-27-31-47(32-28-40)59(48-33-36-58-55(39-48)53-24-12-13-26-57(53)60-58)56-38-46(30-35-52(56)43-17-6-2-7-18-43)50-25-14-22-42-21-10-11-23-49(42)50/h1-39H. The number of rotatable bonds is 8. The molecule has 0 aliphatic rings. The van der Waals surface area contributed by atoms with Gasteiger partial charge in [0.25, 0.3) is 0 Å². The van der Waals surface area contributed by atoms with Gasteiger partial charge in [-0.05, 0) is 109 Å². The summed E-state index contributed by atoms with van der Waals surface area (Å²) in [4.78, 5) is 2.41. The molecule has 0 saturated carbocycles. The molecule has 0 unspecified atom stereocenters. The maximum Gasteiger partial charge on any atom is 0.135 e. The summed E-state index contributed by atoms with van der Waals surface area (Å²) in [5.41, 5.74) is 16.8. The van der Waals surface area contributed by atoms with Crippen LogP contribution in [0.1, 0.15) is 0 Å². The summed E-state index contributed by atoms with van der Waals surface area (Å²) in [5, 5.41) is 4.64. The summed E-state index contributed by atoms with van der Waals surface area (Å²) < 4.78 is 6.33. The zero-order chi connectivity index (χ0) is 39.8. The zero-order valence-corrected chi connectivity index (χ0v) is 32.9. The molecule has 2 heteroatoms. The van der Waals surface area contributed by atoms with Gasteiger partial charge in [-0.2, -0.15) is 0 Å². The van der Waals surface area contributed by atoms with Gasteiger partial charge in [-0.1, -0.05) is 188 Å². The van der Waals surface area contributed by atoms with Crippen LogP contribution in [0.5, 0.6) is 0 Å². The minimum Gasteiger partial charge on any atom is -0.456 e. The van der Waals surface area contributed by atoms with Crippen LogP contribution in [-0.4, -0.2) is 0 Å². The molecule has 11 aromatic rings. The molecule has 0 fully saturated rings. The Kier molecular flexibility index (Phi) is 8.87. The van der Waals surface area contributed by atoms with Gasteiger partial charge in [-0.25, -0.2) is 0 Å². The first-order chi connectivity index (χ1) is 29.7. The van der Waals surface area contributed by atoms with Crippen molar-refractivity contribution in [3.8, 4) is 55.6 Å². The molecule has 60 heavy (non-hydrogen) atoms. The van der Waals surface area contributed by atoms with E-state index in [1.165, 1.54) is 44.2 Å². The largest absolute Gasteiger partial charge is 0.456 e. The highest BCUT2D eigenvalue weighted by Gasteiger charge is 2.21. The highest BCUT2D eigenvalue weighted by Crippen LogP contribution is 2.46. The molecule has 11 rings (SSSR count). The third kappa shape index (κ3) is 6.41. The van der Waals surface area contributed by atoms with E-state index in [9.17, 15) is 0 Å². The van der Waals surface area contributed by atoms with Gasteiger partial charge in [-0.15, -0.1) is 0 Å². The highest BCUT2D eigenvalue weighted by molar-refractivity contribution is 6.07. The van der Waals surface area contributed by atoms with Crippen molar-refractivity contribution in [2.24, 2.45) is 0 Å². The average Bonchev–Trinajstić information content (AvgIpc) is 3.70. The monoisotopic (exact) mass is 765 g/mol. The second kappa shape index (κ2) is 15.1. The van der Waals surface area contributed by atoms with Gasteiger partial charge in [-0.3, -0.25) is 0 Å². The number of benzene rings is 10. The Hall–Kier alpha value is -7.94. The van der Waals surface area contributed by atoms with Crippen LogP contribution in [0.25, 0.3) is 88.3 Å². The Labute approximate surface area is 349 Å². The Morgan fingerprint density at radius 1 is 0.267 bits per heavy atom. The molecule has 0 N–H and O–H groups in total. The van der Waals surface area contributed by atoms with Gasteiger partial charge in [0, 0.05) is 27.7 Å². The van der Waals surface area contributed by atoms with Crippen molar-refractivity contribution >= 4 is 49.8 Å². The molecule has 0 atom stereocenters. The van der Waals surface area contributed by atoms with Crippen LogP contribution in [0.4, 0.5) is 17.1 Å². The van der Waals surface area contributed by atoms with E-state index in [1.54, 1.807) is 0 Å². The molecule has 282 valence electrons. The first-order valence-electron chi connectivity index (χ1n) is 20.5. The quantitative estimate of drug-likeness (QED) is 0.153. The molecule has 10 aromatic carbocycles. The van der Waals surface area contributed by atoms with E-state index in [-0.39, 0.29) is 0 Å². The Balaban J connectivity index is 1.10. The molecule has 0 bridgehead atoms. The fourth-order valence-corrected chi connectivity index (χ4v) is 8.76. The summed E-state index contributed by atoms with van der Waals surface area (Å²) in [6.07, 6.45) is 0. The molecular formula is C58H39NO. The lowest BCUT2D eigenvalue weighted by molar-refractivity contribution is 0.669. The molecule has 1 heterocycles. The fraction of sp³-hybridized carbons (Fsp3) is 0. The summed E-state index contributed by atoms with van der Waals surface area (Å²) in [6.45, 7) is 0. The van der Waals surface area contributed by atoms with Crippen molar-refractivity contribution in [2.75, 3.05) is 4.90 Å². The second-order valence-corrected chi connectivity index (χ2v) is 15.3. The minimum absolute atomic E-state index is 0.871. The van der Waals surface area contributed by atoms with Crippen LogP contribution >= 0.6 is 0 Å². The van der Waals surface area contributed by atoms with Crippen LogP contribution in [0, 0.1) is 0 Å².